The van der Waals surface area contributed by atoms with Crippen LogP contribution in [-0.4, -0.2) is 32.3 Å². The van der Waals surface area contributed by atoms with Crippen molar-refractivity contribution in [3.8, 4) is 5.75 Å². The van der Waals surface area contributed by atoms with Gasteiger partial charge in [0.15, 0.2) is 0 Å². The molecule has 0 aliphatic carbocycles. The first-order chi connectivity index (χ1) is 8.72. The van der Waals surface area contributed by atoms with E-state index < -0.39 is 20.5 Å². The first-order valence-electron chi connectivity index (χ1n) is 5.50. The van der Waals surface area contributed by atoms with E-state index in [4.69, 9.17) is 16.3 Å². The average Bonchev–Trinajstić information content (AvgIpc) is 2.36. The Bertz CT molecular complexity index is 674. The molecule has 0 amide bonds. The number of carbonyl (C=O) groups is 1. The highest BCUT2D eigenvalue weighted by Gasteiger charge is 2.43. The van der Waals surface area contributed by atoms with Gasteiger partial charge in [-0.25, -0.2) is 8.93 Å². The third kappa shape index (κ3) is 2.14. The van der Waals surface area contributed by atoms with Crippen LogP contribution in [0.1, 0.15) is 24.2 Å². The normalized spacial score (nSPS) is 24.8. The Labute approximate surface area is 116 Å². The smallest absolute Gasteiger partial charge is 0.252 e. The van der Waals surface area contributed by atoms with Crippen molar-refractivity contribution in [3.63, 3.8) is 0 Å². The van der Waals surface area contributed by atoms with Crippen molar-refractivity contribution in [2.24, 2.45) is 0 Å². The predicted octanol–water partition coefficient (Wildman–Crippen LogP) is 1.70. The van der Waals surface area contributed by atoms with E-state index in [2.05, 4.69) is 4.72 Å². The standard InChI is InChI=1S/C12H14ClNO4S/c1-12(2)11(16)19(17,14-12)9-5-4-7(10(13)15)6-8(9)18-3/h4-6,16H,1-3H3,(H,14,17). The van der Waals surface area contributed by atoms with Gasteiger partial charge in [0.2, 0.25) is 0 Å². The molecule has 104 valence electrons. The molecule has 0 radical (unpaired) electrons. The first kappa shape index (κ1) is 14.3. The van der Waals surface area contributed by atoms with E-state index in [9.17, 15) is 14.1 Å². The number of nitrogens with one attached hydrogen (secondary N) is 1. The second-order valence-electron chi connectivity index (χ2n) is 4.73. The van der Waals surface area contributed by atoms with Crippen LogP contribution in [0.3, 0.4) is 0 Å². The minimum atomic E-state index is -2.90. The molecule has 1 heterocycles. The molecule has 1 aliphatic rings. The number of halogens is 1. The largest absolute Gasteiger partial charge is 0.495 e. The molecule has 1 unspecified atom stereocenters. The molecule has 2 rings (SSSR count). The molecule has 0 fully saturated rings. The van der Waals surface area contributed by atoms with Crippen LogP contribution in [-0.2, 0) is 9.71 Å². The molecule has 1 aliphatic heterocycles. The van der Waals surface area contributed by atoms with Crippen LogP contribution in [0.5, 0.6) is 5.75 Å². The lowest BCUT2D eigenvalue weighted by Gasteiger charge is -2.39. The summed E-state index contributed by atoms with van der Waals surface area (Å²) in [4.78, 5) is 11.4. The fourth-order valence-corrected chi connectivity index (χ4v) is 4.60. The number of hydrogen-bond acceptors (Lipinski definition) is 3. The van der Waals surface area contributed by atoms with Gasteiger partial charge in [0.05, 0.1) is 27.3 Å². The Morgan fingerprint density at radius 1 is 1.47 bits per heavy atom. The van der Waals surface area contributed by atoms with E-state index >= 15 is 0 Å². The minimum absolute atomic E-state index is 0.136. The van der Waals surface area contributed by atoms with Crippen LogP contribution in [0, 0.1) is 0 Å². The number of hydrogen-bond donors (Lipinski definition) is 2. The van der Waals surface area contributed by atoms with Crippen LogP contribution in [0.4, 0.5) is 0 Å². The van der Waals surface area contributed by atoms with Gasteiger partial charge in [0.25, 0.3) is 5.24 Å². The number of rotatable bonds is 3. The first-order valence-corrected chi connectivity index (χ1v) is 7.43. The highest BCUT2D eigenvalue weighted by Crippen LogP contribution is 2.33. The van der Waals surface area contributed by atoms with Gasteiger partial charge in [0, 0.05) is 5.56 Å². The zero-order chi connectivity index (χ0) is 14.4. The molecule has 19 heavy (non-hydrogen) atoms. The van der Waals surface area contributed by atoms with Gasteiger partial charge in [-0.15, -0.1) is 0 Å². The van der Waals surface area contributed by atoms with Crippen molar-refractivity contribution in [3.05, 3.63) is 23.8 Å². The van der Waals surface area contributed by atoms with Crippen LogP contribution < -0.4 is 9.46 Å². The number of methoxy groups -OCH3 is 1. The molecule has 7 heteroatoms. The SMILES string of the molecule is COc1cc(C(=O)Cl)ccc1S1(=O)=C(O)C(C)(C)N1. The molecular weight excluding hydrogens is 290 g/mol. The zero-order valence-electron chi connectivity index (χ0n) is 10.7. The lowest BCUT2D eigenvalue weighted by molar-refractivity contribution is 0.108. The third-order valence-electron chi connectivity index (χ3n) is 2.91. The molecule has 0 saturated heterocycles. The van der Waals surface area contributed by atoms with E-state index in [-0.39, 0.29) is 16.4 Å². The number of aliphatic hydroxyl groups excluding tert-OH is 1. The molecule has 2 N–H and O–H groups in total. The lowest BCUT2D eigenvalue weighted by Crippen LogP contribution is -2.63. The average molecular weight is 304 g/mol. The summed E-state index contributed by atoms with van der Waals surface area (Å²) in [6, 6.07) is 4.31. The maximum absolute atomic E-state index is 12.7. The molecule has 1 atom stereocenters. The maximum atomic E-state index is 12.7. The van der Waals surface area contributed by atoms with Gasteiger partial charge < -0.3 is 9.84 Å². The van der Waals surface area contributed by atoms with E-state index in [0.717, 1.165) is 0 Å². The van der Waals surface area contributed by atoms with E-state index in [0.29, 0.717) is 4.90 Å². The Balaban J connectivity index is 2.64. The number of carbonyl (C=O) groups excluding carboxylic acids is 1. The van der Waals surface area contributed by atoms with Crippen LogP contribution in [0.15, 0.2) is 23.1 Å². The second-order valence-corrected chi connectivity index (χ2v) is 7.21. The van der Waals surface area contributed by atoms with Gasteiger partial charge in [-0.05, 0) is 43.6 Å². The monoisotopic (exact) mass is 303 g/mol. The second kappa shape index (κ2) is 4.49. The van der Waals surface area contributed by atoms with Crippen molar-refractivity contribution >= 4 is 31.6 Å². The maximum Gasteiger partial charge on any atom is 0.252 e. The molecule has 0 bridgehead atoms. The summed E-state index contributed by atoms with van der Waals surface area (Å²) >= 11 is 5.38. The van der Waals surface area contributed by atoms with Crippen molar-refractivity contribution in [1.29, 1.82) is 0 Å². The summed E-state index contributed by atoms with van der Waals surface area (Å²) in [5, 5.41) is 9.21. The topological polar surface area (TPSA) is 75.6 Å². The Hall–Kier alpha value is -1.08. The highest BCUT2D eigenvalue weighted by molar-refractivity contribution is 8.02. The molecule has 0 saturated carbocycles. The summed E-state index contributed by atoms with van der Waals surface area (Å²) in [6.45, 7) is 3.43. The molecular formula is C12H14ClNO4S. The molecule has 0 spiro atoms. The zero-order valence-corrected chi connectivity index (χ0v) is 12.3. The number of aliphatic hydroxyl groups is 1. The van der Waals surface area contributed by atoms with Crippen LogP contribution in [0.25, 0.3) is 0 Å². The van der Waals surface area contributed by atoms with Gasteiger partial charge in [-0.2, -0.15) is 0 Å². The summed E-state index contributed by atoms with van der Waals surface area (Å²) in [6.07, 6.45) is 0. The Morgan fingerprint density at radius 2 is 2.11 bits per heavy atom. The molecule has 1 aromatic rings. The molecule has 5 nitrogen and oxygen atoms in total. The van der Waals surface area contributed by atoms with Crippen molar-refractivity contribution < 1.29 is 18.8 Å². The van der Waals surface area contributed by atoms with E-state index in [1.807, 2.05) is 0 Å². The van der Waals surface area contributed by atoms with Crippen LogP contribution in [0.2, 0.25) is 0 Å². The third-order valence-corrected chi connectivity index (χ3v) is 5.93. The van der Waals surface area contributed by atoms with Crippen molar-refractivity contribution in [2.75, 3.05) is 7.11 Å². The quantitative estimate of drug-likeness (QED) is 0.658. The fourth-order valence-electron chi connectivity index (χ4n) is 1.95. The van der Waals surface area contributed by atoms with Crippen LogP contribution >= 0.6 is 11.6 Å². The van der Waals surface area contributed by atoms with Gasteiger partial charge >= 0.3 is 0 Å². The van der Waals surface area contributed by atoms with Gasteiger partial charge in [-0.3, -0.25) is 4.79 Å². The van der Waals surface area contributed by atoms with Crippen molar-refractivity contribution in [1.82, 2.24) is 4.72 Å². The summed E-state index contributed by atoms with van der Waals surface area (Å²) in [5.74, 6) is 0.242. The molecule has 1 aromatic carbocycles. The molecule has 0 aromatic heterocycles. The lowest BCUT2D eigenvalue weighted by atomic mass is 10.1. The highest BCUT2D eigenvalue weighted by atomic mass is 35.5. The number of benzene rings is 1. The fraction of sp³-hybridized carbons (Fsp3) is 0.333. The number of ether oxygens (including phenoxy) is 1. The Morgan fingerprint density at radius 3 is 2.53 bits per heavy atom. The summed E-state index contributed by atoms with van der Waals surface area (Å²) in [7, 11) is -1.50. The van der Waals surface area contributed by atoms with Gasteiger partial charge in [-0.1, -0.05) is 0 Å². The van der Waals surface area contributed by atoms with Crippen molar-refractivity contribution in [2.45, 2.75) is 24.3 Å². The van der Waals surface area contributed by atoms with E-state index in [1.165, 1.54) is 25.3 Å². The predicted molar refractivity (Wildman–Crippen MR) is 74.4 cm³/mol. The summed E-state index contributed by atoms with van der Waals surface area (Å²) < 4.78 is 20.6. The Kier molecular flexibility index (Phi) is 3.38. The van der Waals surface area contributed by atoms with E-state index in [1.54, 1.807) is 13.8 Å². The minimum Gasteiger partial charge on any atom is -0.495 e. The van der Waals surface area contributed by atoms with Gasteiger partial charge in [0.1, 0.15) is 10.8 Å². The summed E-state index contributed by atoms with van der Waals surface area (Å²) in [5.41, 5.74) is -0.466.